The second kappa shape index (κ2) is 7.14. The molecule has 26 heavy (non-hydrogen) atoms. The van der Waals surface area contributed by atoms with E-state index in [2.05, 4.69) is 19.9 Å². The average molecular weight is 365 g/mol. The lowest BCUT2D eigenvalue weighted by Crippen LogP contribution is -2.25. The monoisotopic (exact) mass is 364 g/mol. The molecule has 1 amide bonds. The summed E-state index contributed by atoms with van der Waals surface area (Å²) in [6.07, 6.45) is 2.64. The van der Waals surface area contributed by atoms with Crippen molar-refractivity contribution in [2.45, 2.75) is 13.0 Å². The lowest BCUT2D eigenvalue weighted by atomic mass is 10.1. The number of carbonyl (C=O) groups is 1. The van der Waals surface area contributed by atoms with E-state index >= 15 is 0 Å². The molecule has 0 bridgehead atoms. The van der Waals surface area contributed by atoms with Crippen LogP contribution in [-0.4, -0.2) is 27.0 Å². The number of halogens is 1. The molecule has 0 fully saturated rings. The summed E-state index contributed by atoms with van der Waals surface area (Å²) in [6.45, 7) is 1.36. The first kappa shape index (κ1) is 16.5. The summed E-state index contributed by atoms with van der Waals surface area (Å²) in [6, 6.07) is 17.1. The number of carbonyl (C=O) groups excluding carboxylic acids is 1. The number of aryl methyl sites for hydroxylation is 1. The Morgan fingerprint density at radius 3 is 2.73 bits per heavy atom. The quantitative estimate of drug-likeness (QED) is 0.429. The van der Waals surface area contributed by atoms with Crippen molar-refractivity contribution in [3.8, 4) is 0 Å². The van der Waals surface area contributed by atoms with E-state index in [-0.39, 0.29) is 5.91 Å². The Labute approximate surface area is 155 Å². The third-order valence-corrected chi connectivity index (χ3v) is 4.51. The van der Waals surface area contributed by atoms with Crippen LogP contribution < -0.4 is 5.32 Å². The fourth-order valence-electron chi connectivity index (χ4n) is 3.07. The summed E-state index contributed by atoms with van der Waals surface area (Å²) in [5.74, 6) is -0.138. The highest BCUT2D eigenvalue weighted by Crippen LogP contribution is 2.20. The predicted octanol–water partition coefficient (Wildman–Crippen LogP) is 4.06. The van der Waals surface area contributed by atoms with Crippen LogP contribution in [0.4, 0.5) is 0 Å². The van der Waals surface area contributed by atoms with E-state index < -0.39 is 0 Å². The van der Waals surface area contributed by atoms with E-state index in [4.69, 9.17) is 11.6 Å². The van der Waals surface area contributed by atoms with Crippen LogP contribution in [0.2, 0.25) is 5.15 Å². The van der Waals surface area contributed by atoms with E-state index in [0.29, 0.717) is 17.3 Å². The van der Waals surface area contributed by atoms with Gasteiger partial charge in [-0.25, -0.2) is 9.97 Å². The topological polar surface area (TPSA) is 59.8 Å². The van der Waals surface area contributed by atoms with Gasteiger partial charge in [-0.2, -0.15) is 0 Å². The normalized spacial score (nSPS) is 11.1. The van der Waals surface area contributed by atoms with Crippen LogP contribution >= 0.6 is 11.6 Å². The van der Waals surface area contributed by atoms with E-state index in [0.717, 1.165) is 34.9 Å². The Hall–Kier alpha value is -2.92. The molecule has 0 spiro atoms. The molecule has 4 rings (SSSR count). The smallest absolute Gasteiger partial charge is 0.252 e. The second-order valence-electron chi connectivity index (χ2n) is 6.05. The van der Waals surface area contributed by atoms with Crippen LogP contribution in [-0.2, 0) is 6.54 Å². The third kappa shape index (κ3) is 3.26. The molecule has 0 radical (unpaired) electrons. The number of hydrogen-bond acceptors (Lipinski definition) is 3. The molecule has 0 saturated carbocycles. The molecule has 4 aromatic rings. The molecular weight excluding hydrogens is 348 g/mol. The summed E-state index contributed by atoms with van der Waals surface area (Å²) < 4.78 is 2.10. The third-order valence-electron chi connectivity index (χ3n) is 4.32. The molecule has 0 aliphatic rings. The Morgan fingerprint density at radius 1 is 1.08 bits per heavy atom. The van der Waals surface area contributed by atoms with Gasteiger partial charge < -0.3 is 9.88 Å². The van der Waals surface area contributed by atoms with E-state index in [1.54, 1.807) is 6.07 Å². The Kier molecular flexibility index (Phi) is 4.54. The van der Waals surface area contributed by atoms with Crippen molar-refractivity contribution in [3.63, 3.8) is 0 Å². The minimum absolute atomic E-state index is 0.138. The Morgan fingerprint density at radius 2 is 1.85 bits per heavy atom. The van der Waals surface area contributed by atoms with Gasteiger partial charge >= 0.3 is 0 Å². The summed E-state index contributed by atoms with van der Waals surface area (Å²) in [5, 5.41) is 4.09. The fraction of sp³-hybridized carbons (Fsp3) is 0.150. The zero-order valence-electron chi connectivity index (χ0n) is 14.0. The number of aromatic nitrogens is 3. The zero-order chi connectivity index (χ0) is 17.9. The summed E-state index contributed by atoms with van der Waals surface area (Å²) in [7, 11) is 0. The van der Waals surface area contributed by atoms with Gasteiger partial charge in [0.1, 0.15) is 5.15 Å². The first-order valence-electron chi connectivity index (χ1n) is 8.46. The molecule has 2 aromatic heterocycles. The number of hydrogen-bond donors (Lipinski definition) is 1. The second-order valence-corrected chi connectivity index (χ2v) is 6.43. The van der Waals surface area contributed by atoms with Crippen LogP contribution in [0.1, 0.15) is 16.8 Å². The number of amides is 1. The molecule has 130 valence electrons. The van der Waals surface area contributed by atoms with E-state index in [1.807, 2.05) is 54.9 Å². The predicted molar refractivity (Wildman–Crippen MR) is 103 cm³/mol. The standard InChI is InChI=1S/C20H17ClN4O/c21-19-12-15(14-6-1-2-7-16(14)24-19)20(26)22-10-5-11-25-13-23-17-8-3-4-9-18(17)25/h1-4,6-9,12-13H,5,10-11H2,(H,22,26). The highest BCUT2D eigenvalue weighted by molar-refractivity contribution is 6.30. The van der Waals surface area contributed by atoms with Crippen molar-refractivity contribution >= 4 is 39.4 Å². The molecule has 6 heteroatoms. The minimum atomic E-state index is -0.138. The number of pyridine rings is 1. The maximum atomic E-state index is 12.6. The highest BCUT2D eigenvalue weighted by atomic mass is 35.5. The molecule has 0 aliphatic heterocycles. The maximum Gasteiger partial charge on any atom is 0.252 e. The molecule has 0 atom stereocenters. The van der Waals surface area contributed by atoms with E-state index in [9.17, 15) is 4.79 Å². The van der Waals surface area contributed by atoms with Crippen LogP contribution in [0, 0.1) is 0 Å². The molecule has 0 unspecified atom stereocenters. The van der Waals surface area contributed by atoms with Crippen molar-refractivity contribution in [3.05, 3.63) is 71.6 Å². The zero-order valence-corrected chi connectivity index (χ0v) is 14.8. The van der Waals surface area contributed by atoms with Crippen LogP contribution in [0.3, 0.4) is 0 Å². The Bertz CT molecular complexity index is 1090. The van der Waals surface area contributed by atoms with Crippen molar-refractivity contribution in [2.75, 3.05) is 6.54 Å². The van der Waals surface area contributed by atoms with Gasteiger partial charge in [0.15, 0.2) is 0 Å². The van der Waals surface area contributed by atoms with Gasteiger partial charge in [0.25, 0.3) is 5.91 Å². The number of nitrogens with one attached hydrogen (secondary N) is 1. The summed E-state index contributed by atoms with van der Waals surface area (Å²) >= 11 is 6.05. The van der Waals surface area contributed by atoms with Gasteiger partial charge in [-0.15, -0.1) is 0 Å². The number of fused-ring (bicyclic) bond motifs is 2. The number of para-hydroxylation sites is 3. The van der Waals surface area contributed by atoms with Gasteiger partial charge in [-0.3, -0.25) is 4.79 Å². The minimum Gasteiger partial charge on any atom is -0.352 e. The molecular formula is C20H17ClN4O. The Balaban J connectivity index is 1.42. The van der Waals surface area contributed by atoms with Crippen LogP contribution in [0.5, 0.6) is 0 Å². The summed E-state index contributed by atoms with van der Waals surface area (Å²) in [5.41, 5.74) is 3.35. The van der Waals surface area contributed by atoms with Crippen LogP contribution in [0.25, 0.3) is 21.9 Å². The largest absolute Gasteiger partial charge is 0.352 e. The maximum absolute atomic E-state index is 12.6. The molecule has 0 aliphatic carbocycles. The number of imidazole rings is 1. The molecule has 0 saturated heterocycles. The van der Waals surface area contributed by atoms with Crippen LogP contribution in [0.15, 0.2) is 60.9 Å². The molecule has 5 nitrogen and oxygen atoms in total. The van der Waals surface area contributed by atoms with Crippen molar-refractivity contribution < 1.29 is 4.79 Å². The van der Waals surface area contributed by atoms with Gasteiger partial charge in [0.2, 0.25) is 0 Å². The highest BCUT2D eigenvalue weighted by Gasteiger charge is 2.12. The number of benzene rings is 2. The van der Waals surface area contributed by atoms with Gasteiger partial charge in [-0.05, 0) is 30.7 Å². The summed E-state index contributed by atoms with van der Waals surface area (Å²) in [4.78, 5) is 21.2. The molecule has 2 aromatic carbocycles. The lowest BCUT2D eigenvalue weighted by Gasteiger charge is -2.09. The van der Waals surface area contributed by atoms with Crippen molar-refractivity contribution in [1.82, 2.24) is 19.9 Å². The van der Waals surface area contributed by atoms with Gasteiger partial charge in [0.05, 0.1) is 28.4 Å². The SMILES string of the molecule is O=C(NCCCn1cnc2ccccc21)c1cc(Cl)nc2ccccc12. The lowest BCUT2D eigenvalue weighted by molar-refractivity contribution is 0.0954. The fourth-order valence-corrected chi connectivity index (χ4v) is 3.27. The average Bonchev–Trinajstić information content (AvgIpc) is 3.07. The van der Waals surface area contributed by atoms with E-state index in [1.165, 1.54) is 0 Å². The first-order chi connectivity index (χ1) is 12.7. The van der Waals surface area contributed by atoms with Gasteiger partial charge in [0, 0.05) is 18.5 Å². The van der Waals surface area contributed by atoms with Crippen molar-refractivity contribution in [1.29, 1.82) is 0 Å². The van der Waals surface area contributed by atoms with Gasteiger partial charge in [-0.1, -0.05) is 41.9 Å². The number of rotatable bonds is 5. The first-order valence-corrected chi connectivity index (χ1v) is 8.83. The van der Waals surface area contributed by atoms with Crippen molar-refractivity contribution in [2.24, 2.45) is 0 Å². The molecule has 1 N–H and O–H groups in total. The number of nitrogens with zero attached hydrogens (tertiary/aromatic N) is 3. The molecule has 2 heterocycles.